The molecular formula is C25H35NO2S. The molecule has 1 aromatic carbocycles. The lowest BCUT2D eigenvalue weighted by Gasteiger charge is -2.31. The number of carbonyl (C=O) groups excluding carboxylic acids is 1. The van der Waals surface area contributed by atoms with Gasteiger partial charge < -0.3 is 9.64 Å². The van der Waals surface area contributed by atoms with Gasteiger partial charge in [-0.2, -0.15) is 0 Å². The second kappa shape index (κ2) is 10.9. The number of ether oxygens (including phenoxy) is 1. The van der Waals surface area contributed by atoms with E-state index in [1.54, 1.807) is 0 Å². The van der Waals surface area contributed by atoms with Crippen molar-refractivity contribution in [2.75, 3.05) is 26.3 Å². The van der Waals surface area contributed by atoms with E-state index in [-0.39, 0.29) is 11.3 Å². The Balaban J connectivity index is 1.37. The molecule has 158 valence electrons. The number of morpholine rings is 1. The zero-order valence-electron chi connectivity index (χ0n) is 18.0. The van der Waals surface area contributed by atoms with E-state index in [2.05, 4.69) is 56.3 Å². The Bertz CT molecular complexity index is 747. The van der Waals surface area contributed by atoms with Gasteiger partial charge >= 0.3 is 0 Å². The van der Waals surface area contributed by atoms with Gasteiger partial charge in [0.15, 0.2) is 0 Å². The van der Waals surface area contributed by atoms with Crippen molar-refractivity contribution in [2.24, 2.45) is 5.41 Å². The minimum Gasteiger partial charge on any atom is -0.378 e. The lowest BCUT2D eigenvalue weighted by atomic mass is 9.83. The van der Waals surface area contributed by atoms with Gasteiger partial charge in [-0.3, -0.25) is 4.79 Å². The molecule has 2 heterocycles. The lowest BCUT2D eigenvalue weighted by Crippen LogP contribution is -2.42. The van der Waals surface area contributed by atoms with Crippen LogP contribution in [0.15, 0.2) is 42.5 Å². The summed E-state index contributed by atoms with van der Waals surface area (Å²) >= 11 is 1.95. The number of amides is 1. The van der Waals surface area contributed by atoms with Crippen LogP contribution in [0.3, 0.4) is 0 Å². The molecule has 4 heteroatoms. The van der Waals surface area contributed by atoms with Gasteiger partial charge in [-0.25, -0.2) is 0 Å². The number of carbonyl (C=O) groups is 1. The molecule has 0 aliphatic carbocycles. The topological polar surface area (TPSA) is 29.5 Å². The number of benzene rings is 1. The smallest absolute Gasteiger partial charge is 0.223 e. The van der Waals surface area contributed by atoms with E-state index in [9.17, 15) is 4.79 Å². The highest BCUT2D eigenvalue weighted by Gasteiger charge is 2.26. The Labute approximate surface area is 180 Å². The number of unbranched alkanes of at least 4 members (excludes halogenated alkanes) is 1. The molecule has 1 aliphatic heterocycles. The number of rotatable bonds is 10. The molecule has 0 bridgehead atoms. The molecule has 0 unspecified atom stereocenters. The summed E-state index contributed by atoms with van der Waals surface area (Å²) in [6.45, 7) is 7.29. The molecule has 1 amide bonds. The van der Waals surface area contributed by atoms with E-state index >= 15 is 0 Å². The summed E-state index contributed by atoms with van der Waals surface area (Å²) in [5.74, 6) is 0.281. The van der Waals surface area contributed by atoms with Crippen LogP contribution < -0.4 is 0 Å². The molecule has 1 fully saturated rings. The second-order valence-corrected chi connectivity index (χ2v) is 10.1. The van der Waals surface area contributed by atoms with Crippen LogP contribution in [0.25, 0.3) is 0 Å². The maximum Gasteiger partial charge on any atom is 0.223 e. The fraction of sp³-hybridized carbons (Fsp3) is 0.560. The summed E-state index contributed by atoms with van der Waals surface area (Å²) in [6, 6.07) is 15.3. The van der Waals surface area contributed by atoms with Crippen molar-refractivity contribution in [3.63, 3.8) is 0 Å². The van der Waals surface area contributed by atoms with Crippen molar-refractivity contribution in [3.05, 3.63) is 57.8 Å². The van der Waals surface area contributed by atoms with Crippen LogP contribution in [0.4, 0.5) is 0 Å². The third kappa shape index (κ3) is 7.60. The molecule has 2 aromatic rings. The van der Waals surface area contributed by atoms with E-state index in [1.807, 2.05) is 16.2 Å². The van der Waals surface area contributed by atoms with Crippen molar-refractivity contribution >= 4 is 17.2 Å². The Morgan fingerprint density at radius 1 is 0.966 bits per heavy atom. The molecule has 0 radical (unpaired) electrons. The minimum atomic E-state index is 0.0369. The van der Waals surface area contributed by atoms with E-state index in [0.29, 0.717) is 19.6 Å². The van der Waals surface area contributed by atoms with Crippen LogP contribution >= 0.6 is 11.3 Å². The van der Waals surface area contributed by atoms with Crippen molar-refractivity contribution < 1.29 is 9.53 Å². The zero-order valence-corrected chi connectivity index (χ0v) is 18.8. The molecule has 0 atom stereocenters. The van der Waals surface area contributed by atoms with Crippen LogP contribution in [-0.4, -0.2) is 37.1 Å². The quantitative estimate of drug-likeness (QED) is 0.480. The molecular weight excluding hydrogens is 378 g/mol. The molecule has 3 rings (SSSR count). The molecule has 0 spiro atoms. The van der Waals surface area contributed by atoms with E-state index in [1.165, 1.54) is 41.0 Å². The molecule has 0 saturated carbocycles. The number of hydrogen-bond acceptors (Lipinski definition) is 3. The molecule has 1 aromatic heterocycles. The van der Waals surface area contributed by atoms with Gasteiger partial charge in [0.1, 0.15) is 0 Å². The minimum absolute atomic E-state index is 0.0369. The predicted octanol–water partition coefficient (Wildman–Crippen LogP) is 5.52. The van der Waals surface area contributed by atoms with Gasteiger partial charge in [-0.1, -0.05) is 44.2 Å². The first-order chi connectivity index (χ1) is 14.0. The third-order valence-corrected chi connectivity index (χ3v) is 6.95. The maximum atomic E-state index is 12.6. The predicted molar refractivity (Wildman–Crippen MR) is 122 cm³/mol. The Kier molecular flexibility index (Phi) is 8.31. The fourth-order valence-corrected chi connectivity index (χ4v) is 4.91. The first kappa shape index (κ1) is 22.0. The summed E-state index contributed by atoms with van der Waals surface area (Å²) in [5, 5.41) is 0. The van der Waals surface area contributed by atoms with Crippen molar-refractivity contribution in [1.82, 2.24) is 4.90 Å². The Morgan fingerprint density at radius 2 is 1.62 bits per heavy atom. The molecule has 0 N–H and O–H groups in total. The van der Waals surface area contributed by atoms with E-state index in [4.69, 9.17) is 4.74 Å². The summed E-state index contributed by atoms with van der Waals surface area (Å²) in [6.07, 6.45) is 7.59. The largest absolute Gasteiger partial charge is 0.378 e. The molecule has 29 heavy (non-hydrogen) atoms. The highest BCUT2D eigenvalue weighted by molar-refractivity contribution is 7.11. The number of aryl methyl sites for hydroxylation is 3. The molecule has 1 aliphatic rings. The van der Waals surface area contributed by atoms with Crippen molar-refractivity contribution in [2.45, 2.75) is 58.8 Å². The van der Waals surface area contributed by atoms with Crippen LogP contribution in [0.5, 0.6) is 0 Å². The first-order valence-corrected chi connectivity index (χ1v) is 11.8. The lowest BCUT2D eigenvalue weighted by molar-refractivity contribution is -0.137. The van der Waals surface area contributed by atoms with Gasteiger partial charge in [0.25, 0.3) is 0 Å². The van der Waals surface area contributed by atoms with Crippen LogP contribution in [0.1, 0.15) is 54.8 Å². The second-order valence-electron chi connectivity index (χ2n) is 8.89. The van der Waals surface area contributed by atoms with Crippen molar-refractivity contribution in [3.8, 4) is 0 Å². The van der Waals surface area contributed by atoms with Gasteiger partial charge in [0.2, 0.25) is 5.91 Å². The SMILES string of the molecule is CC(C)(CCc1ccc(CCCCc2ccccc2)s1)CC(=O)N1CCOCC1. The van der Waals surface area contributed by atoms with E-state index < -0.39 is 0 Å². The summed E-state index contributed by atoms with van der Waals surface area (Å²) in [7, 11) is 0. The van der Waals surface area contributed by atoms with Crippen molar-refractivity contribution in [1.29, 1.82) is 0 Å². The number of hydrogen-bond donors (Lipinski definition) is 0. The van der Waals surface area contributed by atoms with Gasteiger partial charge in [0.05, 0.1) is 13.2 Å². The van der Waals surface area contributed by atoms with Gasteiger partial charge in [-0.15, -0.1) is 11.3 Å². The Morgan fingerprint density at radius 3 is 2.34 bits per heavy atom. The summed E-state index contributed by atoms with van der Waals surface area (Å²) in [4.78, 5) is 17.5. The standard InChI is InChI=1S/C25H35NO2S/c1-25(2,20-24(27)26-16-18-28-19-17-26)15-14-23-13-12-22(29-23)11-7-6-10-21-8-4-3-5-9-21/h3-5,8-9,12-13H,6-7,10-11,14-20H2,1-2H3. The molecule has 1 saturated heterocycles. The maximum absolute atomic E-state index is 12.6. The highest BCUT2D eigenvalue weighted by atomic mass is 32.1. The zero-order chi connectivity index (χ0) is 20.5. The monoisotopic (exact) mass is 413 g/mol. The molecule has 3 nitrogen and oxygen atoms in total. The average Bonchev–Trinajstić information content (AvgIpc) is 3.19. The normalized spacial score (nSPS) is 14.9. The van der Waals surface area contributed by atoms with Gasteiger partial charge in [-0.05, 0) is 61.6 Å². The van der Waals surface area contributed by atoms with Crippen LogP contribution in [0.2, 0.25) is 0 Å². The first-order valence-electron chi connectivity index (χ1n) is 11.0. The number of thiophene rings is 1. The Hall–Kier alpha value is -1.65. The average molecular weight is 414 g/mol. The van der Waals surface area contributed by atoms with Crippen LogP contribution in [-0.2, 0) is 28.8 Å². The van der Waals surface area contributed by atoms with Gasteiger partial charge in [0, 0.05) is 29.3 Å². The summed E-state index contributed by atoms with van der Waals surface area (Å²) in [5.41, 5.74) is 1.48. The van der Waals surface area contributed by atoms with E-state index in [0.717, 1.165) is 25.9 Å². The fourth-order valence-electron chi connectivity index (χ4n) is 3.85. The third-order valence-electron chi connectivity index (χ3n) is 5.74. The van der Waals surface area contributed by atoms with Crippen LogP contribution in [0, 0.1) is 5.41 Å². The highest BCUT2D eigenvalue weighted by Crippen LogP contribution is 2.30. The summed E-state index contributed by atoms with van der Waals surface area (Å²) < 4.78 is 5.35. The number of nitrogens with zero attached hydrogens (tertiary/aromatic N) is 1.